The number of rotatable bonds is 9. The normalized spacial score (nSPS) is 44.0. The Balaban J connectivity index is 1.51. The number of carboxylic acids is 1. The first kappa shape index (κ1) is 29.8. The average Bonchev–Trinajstić information content (AvgIpc) is 3.33. The van der Waals surface area contributed by atoms with Gasteiger partial charge in [0.2, 0.25) is 0 Å². The summed E-state index contributed by atoms with van der Waals surface area (Å²) in [6.07, 6.45) is 15.1. The molecule has 1 aliphatic heterocycles. The Labute approximate surface area is 249 Å². The number of aliphatic hydroxyl groups is 2. The van der Waals surface area contributed by atoms with Crippen molar-refractivity contribution in [3.8, 4) is 0 Å². The smallest absolute Gasteiger partial charge is 0.334 e. The lowest BCUT2D eigenvalue weighted by atomic mass is 9.37. The second-order valence-electron chi connectivity index (χ2n) is 13.7. The molecule has 6 aliphatic rings. The van der Waals surface area contributed by atoms with E-state index in [9.17, 15) is 20.1 Å². The number of aliphatic imine (C=N–C) groups is 1. The zero-order valence-corrected chi connectivity index (χ0v) is 25.3. The van der Waals surface area contributed by atoms with Crippen LogP contribution in [-0.4, -0.2) is 96.8 Å². The predicted octanol–water partition coefficient (Wildman–Crippen LogP) is 1.61. The third kappa shape index (κ3) is 3.81. The molecule has 10 heteroatoms. The lowest BCUT2D eigenvalue weighted by Gasteiger charge is -2.68. The molecule has 42 heavy (non-hydrogen) atoms. The van der Waals surface area contributed by atoms with E-state index in [1.54, 1.807) is 7.05 Å². The van der Waals surface area contributed by atoms with Gasteiger partial charge in [-0.15, -0.1) is 0 Å². The van der Waals surface area contributed by atoms with Gasteiger partial charge in [-0.05, 0) is 69.4 Å². The fourth-order valence-corrected chi connectivity index (χ4v) is 10.7. The van der Waals surface area contributed by atoms with Crippen molar-refractivity contribution in [2.24, 2.45) is 44.7 Å². The fourth-order valence-electron chi connectivity index (χ4n) is 10.7. The summed E-state index contributed by atoms with van der Waals surface area (Å²) < 4.78 is 6.50. The molecule has 0 aromatic rings. The van der Waals surface area contributed by atoms with Gasteiger partial charge in [-0.2, -0.15) is 0 Å². The summed E-state index contributed by atoms with van der Waals surface area (Å²) in [5, 5.41) is 40.1. The minimum absolute atomic E-state index is 0.0216. The molecule has 232 valence electrons. The number of guanidine groups is 1. The Morgan fingerprint density at radius 3 is 2.79 bits per heavy atom. The average molecular weight is 584 g/mol. The van der Waals surface area contributed by atoms with Crippen LogP contribution in [0, 0.1) is 34.0 Å². The third-order valence-corrected chi connectivity index (χ3v) is 12.3. The Hall–Kier alpha value is -2.24. The maximum Gasteiger partial charge on any atom is 0.334 e. The van der Waals surface area contributed by atoms with E-state index in [-0.39, 0.29) is 36.7 Å². The van der Waals surface area contributed by atoms with Gasteiger partial charge in [0.25, 0.3) is 0 Å². The van der Waals surface area contributed by atoms with Crippen molar-refractivity contribution in [2.45, 2.75) is 69.6 Å². The van der Waals surface area contributed by atoms with Crippen molar-refractivity contribution in [2.75, 3.05) is 46.9 Å². The Morgan fingerprint density at radius 2 is 2.07 bits per heavy atom. The molecule has 6 rings (SSSR count). The van der Waals surface area contributed by atoms with Crippen molar-refractivity contribution in [3.05, 3.63) is 35.6 Å². The third-order valence-electron chi connectivity index (χ3n) is 12.3. The molecule has 0 radical (unpaired) electrons. The second-order valence-corrected chi connectivity index (χ2v) is 13.7. The molecule has 2 bridgehead atoms. The van der Waals surface area contributed by atoms with Crippen LogP contribution in [0.15, 0.2) is 40.6 Å². The van der Waals surface area contributed by atoms with E-state index in [1.807, 2.05) is 18.1 Å². The van der Waals surface area contributed by atoms with Crippen molar-refractivity contribution < 1.29 is 24.9 Å². The van der Waals surface area contributed by atoms with Crippen LogP contribution in [0.2, 0.25) is 0 Å². The zero-order valence-electron chi connectivity index (χ0n) is 25.3. The van der Waals surface area contributed by atoms with Gasteiger partial charge in [-0.25, -0.2) is 4.79 Å². The molecule has 10 nitrogen and oxygen atoms in total. The summed E-state index contributed by atoms with van der Waals surface area (Å²) in [5.74, 6) is -0.706. The highest BCUT2D eigenvalue weighted by Gasteiger charge is 2.82. The van der Waals surface area contributed by atoms with Gasteiger partial charge in [-0.3, -0.25) is 4.99 Å². The monoisotopic (exact) mass is 583 g/mol. The van der Waals surface area contributed by atoms with Crippen LogP contribution in [0.4, 0.5) is 0 Å². The summed E-state index contributed by atoms with van der Waals surface area (Å²) in [4.78, 5) is 19.6. The topological polar surface area (TPSA) is 153 Å². The number of carbonyl (C=O) groups is 1. The van der Waals surface area contributed by atoms with Gasteiger partial charge in [0.1, 0.15) is 5.60 Å². The number of hydrogen-bond donors (Lipinski definition) is 6. The van der Waals surface area contributed by atoms with Crippen molar-refractivity contribution in [1.29, 1.82) is 0 Å². The maximum atomic E-state index is 13.2. The van der Waals surface area contributed by atoms with E-state index in [2.05, 4.69) is 40.8 Å². The number of carboxylic acid groups (broad SMARTS) is 1. The van der Waals surface area contributed by atoms with Crippen LogP contribution < -0.4 is 16.4 Å². The number of nitrogens with two attached hydrogens (primary N) is 1. The lowest BCUT2D eigenvalue weighted by molar-refractivity contribution is -0.179. The molecule has 0 amide bonds. The molecule has 1 heterocycles. The first-order chi connectivity index (χ1) is 20.1. The highest BCUT2D eigenvalue weighted by molar-refractivity contribution is 5.92. The number of nitrogens with zero attached hydrogens (tertiary/aromatic N) is 2. The van der Waals surface area contributed by atoms with Crippen LogP contribution in [0.5, 0.6) is 0 Å². The van der Waals surface area contributed by atoms with Gasteiger partial charge < -0.3 is 41.3 Å². The minimum atomic E-state index is -1.64. The summed E-state index contributed by atoms with van der Waals surface area (Å²) in [5.41, 5.74) is 4.39. The largest absolute Gasteiger partial charge is 0.478 e. The van der Waals surface area contributed by atoms with Gasteiger partial charge in [-0.1, -0.05) is 25.2 Å². The van der Waals surface area contributed by atoms with Gasteiger partial charge >= 0.3 is 5.97 Å². The van der Waals surface area contributed by atoms with Crippen molar-refractivity contribution in [3.63, 3.8) is 0 Å². The van der Waals surface area contributed by atoms with Crippen molar-refractivity contribution in [1.82, 2.24) is 15.5 Å². The van der Waals surface area contributed by atoms with Crippen molar-refractivity contribution >= 4 is 11.9 Å². The SMILES string of the molecule is CN=C(N)N1C=CC2(CNCCO)C=CC3C(O)(COC4CCCC(NC)C4)C(C(=O)O)=C4CC5CCC(C)C43C52C1. The van der Waals surface area contributed by atoms with Crippen LogP contribution in [0.3, 0.4) is 0 Å². The summed E-state index contributed by atoms with van der Waals surface area (Å²) >= 11 is 0. The molecule has 9 atom stereocenters. The molecule has 3 saturated carbocycles. The number of hydrogen-bond acceptors (Lipinski definition) is 7. The molecule has 9 unspecified atom stereocenters. The molecule has 5 aliphatic carbocycles. The number of nitrogens with one attached hydrogen (secondary N) is 2. The lowest BCUT2D eigenvalue weighted by Crippen LogP contribution is -2.70. The zero-order chi connectivity index (χ0) is 29.9. The van der Waals surface area contributed by atoms with Crippen LogP contribution in [0.1, 0.15) is 51.9 Å². The fraction of sp³-hybridized carbons (Fsp3) is 0.750. The number of aliphatic hydroxyl groups excluding tert-OH is 1. The predicted molar refractivity (Wildman–Crippen MR) is 160 cm³/mol. The Bertz CT molecular complexity index is 1220. The highest BCUT2D eigenvalue weighted by Crippen LogP contribution is 2.82. The van der Waals surface area contributed by atoms with E-state index in [1.165, 1.54) is 0 Å². The van der Waals surface area contributed by atoms with Crippen LogP contribution >= 0.6 is 0 Å². The van der Waals surface area contributed by atoms with E-state index < -0.39 is 33.7 Å². The molecule has 2 spiro atoms. The minimum Gasteiger partial charge on any atom is -0.478 e. The molecule has 0 aromatic heterocycles. The maximum absolute atomic E-state index is 13.2. The van der Waals surface area contributed by atoms with E-state index in [4.69, 9.17) is 10.5 Å². The highest BCUT2D eigenvalue weighted by atomic mass is 16.5. The van der Waals surface area contributed by atoms with Crippen LogP contribution in [0.25, 0.3) is 0 Å². The molecular formula is C32H49N5O5. The van der Waals surface area contributed by atoms with Gasteiger partial charge in [0, 0.05) is 61.1 Å². The van der Waals surface area contributed by atoms with Crippen LogP contribution in [-0.2, 0) is 9.53 Å². The second kappa shape index (κ2) is 10.7. The molecular weight excluding hydrogens is 534 g/mol. The quantitative estimate of drug-likeness (QED) is 0.103. The summed E-state index contributed by atoms with van der Waals surface area (Å²) in [6, 6.07) is 0.368. The van der Waals surface area contributed by atoms with E-state index in [0.717, 1.165) is 44.1 Å². The molecule has 0 saturated heterocycles. The molecule has 3 fully saturated rings. The first-order valence-corrected chi connectivity index (χ1v) is 15.8. The number of ether oxygens (including phenoxy) is 1. The van der Waals surface area contributed by atoms with E-state index in [0.29, 0.717) is 38.1 Å². The first-order valence-electron chi connectivity index (χ1n) is 15.8. The Morgan fingerprint density at radius 1 is 1.26 bits per heavy atom. The number of aliphatic carboxylic acids is 1. The summed E-state index contributed by atoms with van der Waals surface area (Å²) in [7, 11) is 3.66. The van der Waals surface area contributed by atoms with Gasteiger partial charge in [0.15, 0.2) is 5.96 Å². The molecule has 0 aromatic carbocycles. The molecule has 7 N–H and O–H groups in total. The van der Waals surface area contributed by atoms with Gasteiger partial charge in [0.05, 0.1) is 24.9 Å². The number of allylic oxidation sites excluding steroid dienone is 1. The standard InChI is InChI=1S/C32H49N5O5/c1-20-7-8-21-15-24-26(27(39)40)30(41,19-42-23-6-4-5-22(16-23)34-2)25-9-10-29(17-36-12-14-38)11-13-37(28(33)35-3)18-31(21,29)32(20,24)25/h9-11,13,20-23,25,34,36,38,41H,4-8,12,14-19H2,1-3H3,(H2,33,35)(H,39,40). The Kier molecular flexibility index (Phi) is 7.62. The van der Waals surface area contributed by atoms with E-state index >= 15 is 0 Å². The summed E-state index contributed by atoms with van der Waals surface area (Å²) in [6.45, 7) is 3.92.